The number of nitrogens with one attached hydrogen (secondary N) is 1. The number of carbonyl (C=O) groups excluding carboxylic acids is 2. The number of Topliss-reactive ketones (excluding diaryl/α,β-unsaturated/α-hetero) is 1. The van der Waals surface area contributed by atoms with E-state index in [2.05, 4.69) is 15.2 Å². The Labute approximate surface area is 233 Å². The molecule has 0 saturated carbocycles. The normalized spacial score (nSPS) is 16.3. The molecule has 9 heteroatoms. The molecule has 4 aromatic rings. The number of para-hydroxylation sites is 1. The van der Waals surface area contributed by atoms with Crippen molar-refractivity contribution in [3.63, 3.8) is 0 Å². The smallest absolute Gasteiger partial charge is 0.337 e. The van der Waals surface area contributed by atoms with E-state index in [0.717, 1.165) is 41.7 Å². The summed E-state index contributed by atoms with van der Waals surface area (Å²) in [6.07, 6.45) is 1.52. The van der Waals surface area contributed by atoms with E-state index in [0.29, 0.717) is 22.9 Å². The Morgan fingerprint density at radius 3 is 2.62 bits per heavy atom. The lowest BCUT2D eigenvalue weighted by Crippen LogP contribution is -2.53. The first-order valence-corrected chi connectivity index (χ1v) is 13.3. The van der Waals surface area contributed by atoms with Gasteiger partial charge in [-0.1, -0.05) is 24.3 Å². The molecule has 5 rings (SSSR count). The molecule has 2 atom stereocenters. The van der Waals surface area contributed by atoms with Crippen molar-refractivity contribution in [3.8, 4) is 5.75 Å². The summed E-state index contributed by atoms with van der Waals surface area (Å²) < 4.78 is 17.0. The number of ketones is 1. The van der Waals surface area contributed by atoms with Crippen molar-refractivity contribution in [2.45, 2.75) is 38.6 Å². The minimum Gasteiger partial charge on any atom is -0.465 e. The van der Waals surface area contributed by atoms with E-state index in [1.54, 1.807) is 24.3 Å². The Morgan fingerprint density at radius 2 is 1.90 bits per heavy atom. The number of ether oxygens (including phenoxy) is 2. The summed E-state index contributed by atoms with van der Waals surface area (Å²) >= 11 is 0. The van der Waals surface area contributed by atoms with E-state index in [4.69, 9.17) is 13.9 Å². The molecular weight excluding hydrogens is 508 g/mol. The molecule has 1 N–H and O–H groups in total. The fraction of sp³-hybridized carbons (Fsp3) is 0.323. The molecule has 1 aromatic heterocycles. The zero-order chi connectivity index (χ0) is 28.2. The molecule has 2 heterocycles. The van der Waals surface area contributed by atoms with Gasteiger partial charge in [-0.25, -0.2) is 9.69 Å². The predicted molar refractivity (Wildman–Crippen MR) is 153 cm³/mol. The molecule has 0 spiro atoms. The van der Waals surface area contributed by atoms with Crippen LogP contribution < -0.4 is 10.1 Å². The molecule has 0 unspecified atom stereocenters. The number of fused-ring (bicyclic) bond motifs is 1. The van der Waals surface area contributed by atoms with Crippen LogP contribution in [0.5, 0.6) is 5.75 Å². The molecule has 1 fully saturated rings. The van der Waals surface area contributed by atoms with Gasteiger partial charge in [0, 0.05) is 18.7 Å². The first kappa shape index (κ1) is 27.4. The second-order valence-electron chi connectivity index (χ2n) is 10.2. The van der Waals surface area contributed by atoms with Crippen LogP contribution in [0.3, 0.4) is 0 Å². The molecule has 9 nitrogen and oxygen atoms in total. The monoisotopic (exact) mass is 542 g/mol. The fourth-order valence-corrected chi connectivity index (χ4v) is 5.06. The van der Waals surface area contributed by atoms with E-state index in [1.165, 1.54) is 7.11 Å². The lowest BCUT2D eigenvalue weighted by atomic mass is 10.0. The van der Waals surface area contributed by atoms with Gasteiger partial charge < -0.3 is 19.2 Å². The second-order valence-corrected chi connectivity index (χ2v) is 10.2. The third-order valence-electron chi connectivity index (χ3n) is 7.13. The number of aryl methyl sites for hydroxylation is 1. The van der Waals surface area contributed by atoms with Gasteiger partial charge in [0.1, 0.15) is 11.3 Å². The van der Waals surface area contributed by atoms with Gasteiger partial charge in [-0.15, -0.1) is 0 Å². The van der Waals surface area contributed by atoms with Crippen LogP contribution >= 0.6 is 0 Å². The molecule has 208 valence electrons. The third-order valence-corrected chi connectivity index (χ3v) is 7.13. The van der Waals surface area contributed by atoms with E-state index in [9.17, 15) is 9.59 Å². The summed E-state index contributed by atoms with van der Waals surface area (Å²) in [4.78, 5) is 33.9. The maximum Gasteiger partial charge on any atom is 0.337 e. The Bertz CT molecular complexity index is 1500. The van der Waals surface area contributed by atoms with Gasteiger partial charge in [0.05, 0.1) is 18.7 Å². The van der Waals surface area contributed by atoms with E-state index < -0.39 is 12.3 Å². The lowest BCUT2D eigenvalue weighted by molar-refractivity contribution is -0.131. The van der Waals surface area contributed by atoms with Crippen LogP contribution in [0.4, 0.5) is 11.7 Å². The van der Waals surface area contributed by atoms with E-state index >= 15 is 0 Å². The Kier molecular flexibility index (Phi) is 8.14. The van der Waals surface area contributed by atoms with Crippen LogP contribution in [0, 0.1) is 6.92 Å². The van der Waals surface area contributed by atoms with Crippen LogP contribution in [0.15, 0.2) is 71.1 Å². The van der Waals surface area contributed by atoms with Crippen molar-refractivity contribution >= 4 is 34.6 Å². The summed E-state index contributed by atoms with van der Waals surface area (Å²) in [7, 11) is 5.20. The first-order chi connectivity index (χ1) is 19.3. The molecular formula is C31H34N4O5. The molecule has 1 aliphatic heterocycles. The van der Waals surface area contributed by atoms with Crippen LogP contribution in [-0.2, 0) is 16.0 Å². The van der Waals surface area contributed by atoms with Gasteiger partial charge in [-0.2, -0.15) is 4.98 Å². The summed E-state index contributed by atoms with van der Waals surface area (Å²) in [6, 6.07) is 20.6. The number of oxazole rings is 1. The second kappa shape index (κ2) is 11.9. The van der Waals surface area contributed by atoms with Crippen molar-refractivity contribution in [2.24, 2.45) is 0 Å². The summed E-state index contributed by atoms with van der Waals surface area (Å²) in [5, 5.41) is 3.23. The Balaban J connectivity index is 1.27. The molecule has 0 radical (unpaired) electrons. The van der Waals surface area contributed by atoms with Crippen LogP contribution in [0.25, 0.3) is 11.1 Å². The van der Waals surface area contributed by atoms with Crippen molar-refractivity contribution in [1.82, 2.24) is 14.8 Å². The van der Waals surface area contributed by atoms with E-state index in [-0.39, 0.29) is 18.2 Å². The number of anilines is 2. The maximum absolute atomic E-state index is 13.6. The predicted octanol–water partition coefficient (Wildman–Crippen LogP) is 5.17. The number of likely N-dealkylation sites (tertiary alicyclic amines) is 1. The number of aromatic nitrogens is 1. The van der Waals surface area contributed by atoms with Crippen LogP contribution in [-0.4, -0.2) is 66.7 Å². The largest absolute Gasteiger partial charge is 0.465 e. The standard InChI is InChI=1S/C31H34N4O5/c1-20-8-5-6-9-24(20)32-30-33-25-16-11-21(19-28(25)40-30)18-27(36)26-10-7-17-35(26)31(34(2)3)39-23-14-12-22(13-15-23)29(37)38-4/h5-6,8-9,11-16,19,26,31H,7,10,17-18H2,1-4H3,(H,32,33)/t26-,31-/m0/s1. The number of rotatable bonds is 10. The third kappa shape index (κ3) is 6.00. The first-order valence-electron chi connectivity index (χ1n) is 13.3. The average Bonchev–Trinajstić information content (AvgIpc) is 3.59. The van der Waals surface area contributed by atoms with Gasteiger partial charge in [0.2, 0.25) is 6.35 Å². The maximum atomic E-state index is 13.6. The topological polar surface area (TPSA) is 97.1 Å². The minimum atomic E-state index is -0.438. The zero-order valence-corrected chi connectivity index (χ0v) is 23.2. The molecule has 1 saturated heterocycles. The average molecular weight is 543 g/mol. The molecule has 40 heavy (non-hydrogen) atoms. The van der Waals surface area contributed by atoms with Gasteiger partial charge in [-0.3, -0.25) is 9.69 Å². The molecule has 0 bridgehead atoms. The van der Waals surface area contributed by atoms with Crippen molar-refractivity contribution in [2.75, 3.05) is 33.1 Å². The zero-order valence-electron chi connectivity index (χ0n) is 23.2. The van der Waals surface area contributed by atoms with E-state index in [1.807, 2.05) is 68.4 Å². The summed E-state index contributed by atoms with van der Waals surface area (Å²) in [5.41, 5.74) is 4.72. The number of hydrogen-bond acceptors (Lipinski definition) is 9. The molecule has 3 aromatic carbocycles. The van der Waals surface area contributed by atoms with Gasteiger partial charge in [0.25, 0.3) is 6.01 Å². The SMILES string of the molecule is COC(=O)c1ccc(O[C@@H](N(C)C)N2CCC[C@H]2C(=O)Cc2ccc3nc(Nc4ccccc4C)oc3c2)cc1. The van der Waals surface area contributed by atoms with Crippen molar-refractivity contribution in [1.29, 1.82) is 0 Å². The number of benzene rings is 3. The molecule has 0 aliphatic carbocycles. The summed E-state index contributed by atoms with van der Waals surface area (Å²) in [6.45, 7) is 2.77. The van der Waals surface area contributed by atoms with Gasteiger partial charge in [-0.05, 0) is 87.5 Å². The lowest BCUT2D eigenvalue weighted by Gasteiger charge is -2.36. The van der Waals surface area contributed by atoms with Gasteiger partial charge in [0.15, 0.2) is 11.4 Å². The Hall–Kier alpha value is -4.21. The number of nitrogens with zero attached hydrogens (tertiary/aromatic N) is 3. The minimum absolute atomic E-state index is 0.131. The number of carbonyl (C=O) groups is 2. The summed E-state index contributed by atoms with van der Waals surface area (Å²) in [5.74, 6) is 0.338. The number of hydrogen-bond donors (Lipinski definition) is 1. The highest BCUT2D eigenvalue weighted by Crippen LogP contribution is 2.28. The van der Waals surface area contributed by atoms with Crippen LogP contribution in [0.1, 0.15) is 34.3 Å². The van der Waals surface area contributed by atoms with Crippen molar-refractivity contribution < 1.29 is 23.5 Å². The number of esters is 1. The quantitative estimate of drug-likeness (QED) is 0.215. The molecule has 0 amide bonds. The highest BCUT2D eigenvalue weighted by atomic mass is 16.5. The van der Waals surface area contributed by atoms with Crippen molar-refractivity contribution in [3.05, 3.63) is 83.4 Å². The highest BCUT2D eigenvalue weighted by molar-refractivity contribution is 5.89. The Morgan fingerprint density at radius 1 is 1.12 bits per heavy atom. The fourth-order valence-electron chi connectivity index (χ4n) is 5.06. The molecule has 1 aliphatic rings. The highest BCUT2D eigenvalue weighted by Gasteiger charge is 2.37. The van der Waals surface area contributed by atoms with Crippen LogP contribution in [0.2, 0.25) is 0 Å². The van der Waals surface area contributed by atoms with Gasteiger partial charge >= 0.3 is 5.97 Å². The number of methoxy groups -OCH3 is 1.